The van der Waals surface area contributed by atoms with Crippen LogP contribution in [0.2, 0.25) is 0 Å². The van der Waals surface area contributed by atoms with Crippen LogP contribution in [0.15, 0.2) is 0 Å². The predicted octanol–water partition coefficient (Wildman–Crippen LogP) is 3.62. The Bertz CT molecular complexity index is 582. The molecule has 0 aromatic heterocycles. The summed E-state index contributed by atoms with van der Waals surface area (Å²) in [6, 6.07) is 0. The van der Waals surface area contributed by atoms with E-state index in [-0.39, 0.29) is 40.8 Å². The fraction of sp³-hybridized carbons (Fsp3) is 0.909. The van der Waals surface area contributed by atoms with Crippen LogP contribution in [0.3, 0.4) is 0 Å². The van der Waals surface area contributed by atoms with Gasteiger partial charge in [0.2, 0.25) is 11.4 Å². The van der Waals surface area contributed by atoms with Gasteiger partial charge in [-0.15, -0.1) is 0 Å². The molecule has 30 heavy (non-hydrogen) atoms. The van der Waals surface area contributed by atoms with E-state index in [4.69, 9.17) is 9.84 Å². The minimum absolute atomic E-state index is 0.00591. The molecule has 0 aliphatic carbocycles. The smallest absolute Gasteiger partial charge is 0.309 e. The maximum Gasteiger partial charge on any atom is 0.309 e. The summed E-state index contributed by atoms with van der Waals surface area (Å²) < 4.78 is 4.93. The lowest BCUT2D eigenvalue weighted by molar-refractivity contribution is -0.569. The number of aliphatic hydroxyl groups is 1. The lowest BCUT2D eigenvalue weighted by atomic mass is 9.83. The van der Waals surface area contributed by atoms with Crippen LogP contribution in [0.5, 0.6) is 0 Å². The average Bonchev–Trinajstić information content (AvgIpc) is 2.96. The summed E-state index contributed by atoms with van der Waals surface area (Å²) in [5.41, 5.74) is -0.984. The molecule has 0 radical (unpaired) electrons. The Morgan fingerprint density at radius 2 is 2.00 bits per heavy atom. The second kappa shape index (κ2) is 12.2. The van der Waals surface area contributed by atoms with Gasteiger partial charge in [0, 0.05) is 42.8 Å². The number of hydrogen-bond donors (Lipinski definition) is 2. The standard InChI is InChI=1S/C11H19NO4.C11H21NO2/c1-3-6-11(2,12(14)15)8-9-5-4-7-16-10(9)13;1-3-6-11(2)8-9(5-4-7-13)10(14)12-11/h9H,3-8H2,1-2H3;9,13H,3-8H2,1-2H3,(H,12,14). The molecule has 8 nitrogen and oxygen atoms in total. The van der Waals surface area contributed by atoms with Crippen LogP contribution in [0.1, 0.15) is 91.9 Å². The van der Waals surface area contributed by atoms with E-state index in [1.54, 1.807) is 6.92 Å². The Morgan fingerprint density at radius 3 is 2.53 bits per heavy atom. The van der Waals surface area contributed by atoms with Gasteiger partial charge in [0.25, 0.3) is 0 Å². The minimum Gasteiger partial charge on any atom is -0.465 e. The first-order valence-corrected chi connectivity index (χ1v) is 11.3. The molecule has 2 heterocycles. The number of nitrogens with zero attached hydrogens (tertiary/aromatic N) is 1. The topological polar surface area (TPSA) is 119 Å². The number of cyclic esters (lactones) is 1. The Morgan fingerprint density at radius 1 is 1.30 bits per heavy atom. The Labute approximate surface area is 180 Å². The lowest BCUT2D eigenvalue weighted by Gasteiger charge is -2.27. The summed E-state index contributed by atoms with van der Waals surface area (Å²) in [7, 11) is 0. The van der Waals surface area contributed by atoms with Gasteiger partial charge in [0.05, 0.1) is 12.5 Å². The molecule has 4 atom stereocenters. The molecule has 1 amide bonds. The largest absolute Gasteiger partial charge is 0.465 e. The summed E-state index contributed by atoms with van der Waals surface area (Å²) in [6.07, 6.45) is 7.72. The molecule has 2 aliphatic heterocycles. The highest BCUT2D eigenvalue weighted by atomic mass is 16.6. The minimum atomic E-state index is -0.990. The van der Waals surface area contributed by atoms with Crippen molar-refractivity contribution in [1.29, 1.82) is 0 Å². The molecule has 2 N–H and O–H groups in total. The van der Waals surface area contributed by atoms with Crippen molar-refractivity contribution in [2.75, 3.05) is 13.2 Å². The lowest BCUT2D eigenvalue weighted by Crippen LogP contribution is -2.40. The summed E-state index contributed by atoms with van der Waals surface area (Å²) in [5, 5.41) is 22.8. The molecular formula is C22H40N2O6. The van der Waals surface area contributed by atoms with Crippen molar-refractivity contribution in [3.63, 3.8) is 0 Å². The number of nitrogens with one attached hydrogen (secondary N) is 1. The van der Waals surface area contributed by atoms with Gasteiger partial charge in [-0.2, -0.15) is 0 Å². The number of aliphatic hydroxyl groups excluding tert-OH is 1. The predicted molar refractivity (Wildman–Crippen MR) is 114 cm³/mol. The Kier molecular flexibility index (Phi) is 10.7. The fourth-order valence-electron chi connectivity index (χ4n) is 4.64. The number of nitro groups is 1. The third-order valence-electron chi connectivity index (χ3n) is 6.20. The molecule has 4 unspecified atom stereocenters. The summed E-state index contributed by atoms with van der Waals surface area (Å²) in [4.78, 5) is 33.8. The second-order valence-electron chi connectivity index (χ2n) is 9.28. The zero-order valence-corrected chi connectivity index (χ0v) is 19.1. The van der Waals surface area contributed by atoms with Crippen LogP contribution in [-0.4, -0.2) is 46.2 Å². The third kappa shape index (κ3) is 7.85. The molecule has 0 bridgehead atoms. The van der Waals surface area contributed by atoms with Crippen LogP contribution in [0.4, 0.5) is 0 Å². The number of carbonyl (C=O) groups excluding carboxylic acids is 2. The maximum absolute atomic E-state index is 11.6. The molecule has 2 saturated heterocycles. The van der Waals surface area contributed by atoms with E-state index in [2.05, 4.69) is 19.2 Å². The van der Waals surface area contributed by atoms with E-state index in [1.807, 2.05) is 6.92 Å². The van der Waals surface area contributed by atoms with Gasteiger partial charge in [-0.1, -0.05) is 20.3 Å². The molecule has 2 fully saturated rings. The molecule has 2 aliphatic rings. The van der Waals surface area contributed by atoms with E-state index < -0.39 is 5.54 Å². The van der Waals surface area contributed by atoms with Gasteiger partial charge in [0.1, 0.15) is 0 Å². The first-order chi connectivity index (χ1) is 14.1. The molecule has 8 heteroatoms. The van der Waals surface area contributed by atoms with Crippen LogP contribution >= 0.6 is 0 Å². The van der Waals surface area contributed by atoms with Crippen molar-refractivity contribution >= 4 is 11.9 Å². The monoisotopic (exact) mass is 428 g/mol. The van der Waals surface area contributed by atoms with Crippen molar-refractivity contribution in [2.45, 2.75) is 103 Å². The normalized spacial score (nSPS) is 28.0. The van der Waals surface area contributed by atoms with Gasteiger partial charge < -0.3 is 15.2 Å². The number of rotatable bonds is 10. The van der Waals surface area contributed by atoms with Gasteiger partial charge in [0.15, 0.2) is 0 Å². The third-order valence-corrected chi connectivity index (χ3v) is 6.20. The van der Waals surface area contributed by atoms with Crippen LogP contribution in [0, 0.1) is 22.0 Å². The maximum atomic E-state index is 11.6. The summed E-state index contributed by atoms with van der Waals surface area (Å²) >= 11 is 0. The number of carbonyl (C=O) groups is 2. The number of hydrogen-bond acceptors (Lipinski definition) is 6. The zero-order chi connectivity index (χ0) is 22.8. The van der Waals surface area contributed by atoms with E-state index in [1.165, 1.54) is 0 Å². The van der Waals surface area contributed by atoms with Crippen LogP contribution < -0.4 is 5.32 Å². The van der Waals surface area contributed by atoms with E-state index in [0.717, 1.165) is 44.9 Å². The zero-order valence-electron chi connectivity index (χ0n) is 19.1. The second-order valence-corrected chi connectivity index (χ2v) is 9.28. The van der Waals surface area contributed by atoms with Crippen molar-refractivity contribution in [3.8, 4) is 0 Å². The van der Waals surface area contributed by atoms with Gasteiger partial charge in [-0.25, -0.2) is 0 Å². The quantitative estimate of drug-likeness (QED) is 0.312. The van der Waals surface area contributed by atoms with Gasteiger partial charge >= 0.3 is 5.97 Å². The fourth-order valence-corrected chi connectivity index (χ4v) is 4.64. The van der Waals surface area contributed by atoms with Crippen molar-refractivity contribution in [3.05, 3.63) is 10.1 Å². The highest BCUT2D eigenvalue weighted by Crippen LogP contribution is 2.32. The molecule has 0 aromatic rings. The first-order valence-electron chi connectivity index (χ1n) is 11.3. The Hall–Kier alpha value is -1.70. The highest BCUT2D eigenvalue weighted by Gasteiger charge is 2.42. The van der Waals surface area contributed by atoms with Gasteiger partial charge in [-0.05, 0) is 51.9 Å². The van der Waals surface area contributed by atoms with Gasteiger partial charge in [-0.3, -0.25) is 19.7 Å². The molecule has 0 aromatic carbocycles. The summed E-state index contributed by atoms with van der Waals surface area (Å²) in [6.45, 7) is 8.44. The number of amides is 1. The average molecular weight is 429 g/mol. The molecular weight excluding hydrogens is 388 g/mol. The van der Waals surface area contributed by atoms with Crippen molar-refractivity contribution in [1.82, 2.24) is 5.32 Å². The van der Waals surface area contributed by atoms with Crippen molar-refractivity contribution in [2.24, 2.45) is 11.8 Å². The van der Waals surface area contributed by atoms with E-state index in [9.17, 15) is 19.7 Å². The Balaban J connectivity index is 0.000000303. The molecule has 0 spiro atoms. The van der Waals surface area contributed by atoms with E-state index >= 15 is 0 Å². The van der Waals surface area contributed by atoms with Crippen LogP contribution in [-0.2, 0) is 14.3 Å². The van der Waals surface area contributed by atoms with Crippen LogP contribution in [0.25, 0.3) is 0 Å². The van der Waals surface area contributed by atoms with E-state index in [0.29, 0.717) is 25.9 Å². The number of esters is 1. The summed E-state index contributed by atoms with van der Waals surface area (Å²) in [5.74, 6) is -0.265. The molecule has 0 saturated carbocycles. The van der Waals surface area contributed by atoms with Crippen molar-refractivity contribution < 1.29 is 24.4 Å². The molecule has 174 valence electrons. The number of ether oxygens (including phenoxy) is 1. The first kappa shape index (κ1) is 26.3. The molecule has 2 rings (SSSR count). The SMILES string of the molecule is CCCC(C)(CC1CCCOC1=O)[N+](=O)[O-].CCCC1(C)CC(CCCO)C(=O)N1. The highest BCUT2D eigenvalue weighted by molar-refractivity contribution is 5.82.